The Morgan fingerprint density at radius 3 is 2.61 bits per heavy atom. The molecule has 0 bridgehead atoms. The third-order valence-corrected chi connectivity index (χ3v) is 3.45. The van der Waals surface area contributed by atoms with Crippen LogP contribution >= 0.6 is 0 Å². The van der Waals surface area contributed by atoms with Crippen LogP contribution in [0.25, 0.3) is 0 Å². The van der Waals surface area contributed by atoms with Gasteiger partial charge in [0.05, 0.1) is 6.10 Å². The maximum Gasteiger partial charge on any atom is 0.303 e. The van der Waals surface area contributed by atoms with Gasteiger partial charge in [0.2, 0.25) is 0 Å². The first-order valence-electron chi connectivity index (χ1n) is 7.13. The Morgan fingerprint density at radius 1 is 1.39 bits per heavy atom. The summed E-state index contributed by atoms with van der Waals surface area (Å²) in [5.74, 6) is 0.0167. The maximum atomic E-state index is 10.4. The molecule has 0 amide bonds. The molecule has 18 heavy (non-hydrogen) atoms. The topological polar surface area (TPSA) is 49.8 Å². The molecular weight excluding hydrogens is 230 g/mol. The fraction of sp³-hybridized carbons (Fsp3) is 0.929. The number of carboxylic acid groups (broad SMARTS) is 1. The van der Waals surface area contributed by atoms with Gasteiger partial charge >= 0.3 is 5.97 Å². The lowest BCUT2D eigenvalue weighted by molar-refractivity contribution is -0.137. The summed E-state index contributed by atoms with van der Waals surface area (Å²) in [5.41, 5.74) is 0. The number of piperidine rings is 1. The maximum absolute atomic E-state index is 10.4. The Balaban J connectivity index is 2.03. The zero-order valence-corrected chi connectivity index (χ0v) is 11.7. The van der Waals surface area contributed by atoms with Gasteiger partial charge < -0.3 is 14.7 Å². The van der Waals surface area contributed by atoms with Crippen LogP contribution in [0, 0.1) is 5.92 Å². The second-order valence-electron chi connectivity index (χ2n) is 5.59. The van der Waals surface area contributed by atoms with Crippen molar-refractivity contribution in [1.29, 1.82) is 0 Å². The van der Waals surface area contributed by atoms with Gasteiger partial charge in [-0.05, 0) is 38.1 Å². The molecule has 1 N–H and O–H groups in total. The molecule has 0 saturated carbocycles. The zero-order valence-electron chi connectivity index (χ0n) is 11.7. The average molecular weight is 257 g/mol. The molecule has 1 fully saturated rings. The lowest BCUT2D eigenvalue weighted by atomic mass is 10.1. The van der Waals surface area contributed by atoms with E-state index >= 15 is 0 Å². The van der Waals surface area contributed by atoms with Crippen LogP contribution in [0.3, 0.4) is 0 Å². The second-order valence-corrected chi connectivity index (χ2v) is 5.59. The Morgan fingerprint density at radius 2 is 2.06 bits per heavy atom. The van der Waals surface area contributed by atoms with E-state index in [-0.39, 0.29) is 6.42 Å². The van der Waals surface area contributed by atoms with Crippen molar-refractivity contribution >= 4 is 5.97 Å². The second kappa shape index (κ2) is 8.48. The van der Waals surface area contributed by atoms with Crippen molar-refractivity contribution in [2.24, 2.45) is 5.92 Å². The van der Waals surface area contributed by atoms with E-state index < -0.39 is 5.97 Å². The van der Waals surface area contributed by atoms with E-state index in [2.05, 4.69) is 18.7 Å². The number of hydrogen-bond acceptors (Lipinski definition) is 3. The monoisotopic (exact) mass is 257 g/mol. The molecule has 106 valence electrons. The Hall–Kier alpha value is -0.610. The highest BCUT2D eigenvalue weighted by molar-refractivity contribution is 5.66. The predicted molar refractivity (Wildman–Crippen MR) is 71.7 cm³/mol. The summed E-state index contributed by atoms with van der Waals surface area (Å²) in [6.07, 6.45) is 4.77. The van der Waals surface area contributed by atoms with Crippen molar-refractivity contribution in [2.75, 3.05) is 26.2 Å². The minimum atomic E-state index is -0.693. The number of carbonyl (C=O) groups is 1. The molecule has 0 spiro atoms. The summed E-state index contributed by atoms with van der Waals surface area (Å²) in [4.78, 5) is 12.8. The summed E-state index contributed by atoms with van der Waals surface area (Å²) in [6.45, 7) is 8.31. The number of nitrogens with zero attached hydrogens (tertiary/aromatic N) is 1. The van der Waals surface area contributed by atoms with Gasteiger partial charge in [0, 0.05) is 26.1 Å². The molecule has 1 aliphatic heterocycles. The predicted octanol–water partition coefficient (Wildman–Crippen LogP) is 2.38. The molecule has 1 heterocycles. The number of carboxylic acids is 1. The summed E-state index contributed by atoms with van der Waals surface area (Å²) in [6, 6.07) is 0. The van der Waals surface area contributed by atoms with Crippen molar-refractivity contribution in [2.45, 2.75) is 52.1 Å². The third-order valence-electron chi connectivity index (χ3n) is 3.45. The lowest BCUT2D eigenvalue weighted by Gasteiger charge is -2.31. The highest BCUT2D eigenvalue weighted by Gasteiger charge is 2.19. The summed E-state index contributed by atoms with van der Waals surface area (Å²) < 4.78 is 5.86. The summed E-state index contributed by atoms with van der Waals surface area (Å²) >= 11 is 0. The van der Waals surface area contributed by atoms with Crippen LogP contribution in [0.2, 0.25) is 0 Å². The molecule has 1 saturated heterocycles. The van der Waals surface area contributed by atoms with Crippen LogP contribution in [0.15, 0.2) is 0 Å². The first-order chi connectivity index (χ1) is 8.58. The fourth-order valence-corrected chi connectivity index (χ4v) is 2.22. The van der Waals surface area contributed by atoms with Gasteiger partial charge in [-0.25, -0.2) is 0 Å². The Labute approximate surface area is 110 Å². The van der Waals surface area contributed by atoms with Gasteiger partial charge in [0.1, 0.15) is 0 Å². The molecule has 0 aromatic heterocycles. The number of aliphatic carboxylic acids is 1. The highest BCUT2D eigenvalue weighted by atomic mass is 16.5. The van der Waals surface area contributed by atoms with Gasteiger partial charge in [0.25, 0.3) is 0 Å². The van der Waals surface area contributed by atoms with Gasteiger partial charge in [0.15, 0.2) is 0 Å². The van der Waals surface area contributed by atoms with Crippen LogP contribution in [0.1, 0.15) is 46.0 Å². The Kier molecular flexibility index (Phi) is 7.28. The normalized spacial score (nSPS) is 18.4. The van der Waals surface area contributed by atoms with E-state index in [0.717, 1.165) is 51.9 Å². The lowest BCUT2D eigenvalue weighted by Crippen LogP contribution is -2.37. The fourth-order valence-electron chi connectivity index (χ4n) is 2.22. The molecule has 0 aliphatic carbocycles. The van der Waals surface area contributed by atoms with Crippen molar-refractivity contribution in [3.8, 4) is 0 Å². The van der Waals surface area contributed by atoms with Crippen LogP contribution < -0.4 is 0 Å². The zero-order chi connectivity index (χ0) is 13.4. The smallest absolute Gasteiger partial charge is 0.303 e. The minimum absolute atomic E-state index is 0.283. The van der Waals surface area contributed by atoms with Crippen LogP contribution in [0.4, 0.5) is 0 Å². The number of ether oxygens (including phenoxy) is 1. The molecule has 4 heteroatoms. The molecule has 0 aromatic rings. The first-order valence-corrected chi connectivity index (χ1v) is 7.13. The minimum Gasteiger partial charge on any atom is -0.481 e. The summed E-state index contributed by atoms with van der Waals surface area (Å²) in [5, 5.41) is 8.59. The molecule has 1 aliphatic rings. The van der Waals surface area contributed by atoms with E-state index in [1.54, 1.807) is 0 Å². The van der Waals surface area contributed by atoms with Crippen LogP contribution in [-0.2, 0) is 9.53 Å². The van der Waals surface area contributed by atoms with Crippen molar-refractivity contribution < 1.29 is 14.6 Å². The molecular formula is C14H27NO3. The van der Waals surface area contributed by atoms with E-state index in [1.165, 1.54) is 0 Å². The van der Waals surface area contributed by atoms with E-state index in [1.807, 2.05) is 0 Å². The van der Waals surface area contributed by atoms with Crippen molar-refractivity contribution in [3.05, 3.63) is 0 Å². The molecule has 1 rings (SSSR count). The third kappa shape index (κ3) is 6.97. The first kappa shape index (κ1) is 15.4. The van der Waals surface area contributed by atoms with Crippen molar-refractivity contribution in [1.82, 2.24) is 4.90 Å². The van der Waals surface area contributed by atoms with E-state index in [9.17, 15) is 4.79 Å². The standard InChI is InChI=1S/C14H27NO3/c1-12(2)7-11-18-13-5-9-15(10-6-13)8-3-4-14(16)17/h12-13H,3-11H2,1-2H3,(H,16,17). The summed E-state index contributed by atoms with van der Waals surface area (Å²) in [7, 11) is 0. The number of hydrogen-bond donors (Lipinski definition) is 1. The largest absolute Gasteiger partial charge is 0.481 e. The van der Waals surface area contributed by atoms with Crippen LogP contribution in [0.5, 0.6) is 0 Å². The number of likely N-dealkylation sites (tertiary alicyclic amines) is 1. The average Bonchev–Trinajstić information content (AvgIpc) is 2.30. The van der Waals surface area contributed by atoms with Gasteiger partial charge in [-0.1, -0.05) is 13.8 Å². The molecule has 0 aromatic carbocycles. The van der Waals surface area contributed by atoms with Gasteiger partial charge in [-0.3, -0.25) is 4.79 Å². The van der Waals surface area contributed by atoms with Crippen molar-refractivity contribution in [3.63, 3.8) is 0 Å². The Bertz CT molecular complexity index is 235. The van der Waals surface area contributed by atoms with Gasteiger partial charge in [-0.15, -0.1) is 0 Å². The molecule has 0 radical (unpaired) electrons. The SMILES string of the molecule is CC(C)CCOC1CCN(CCCC(=O)O)CC1. The quantitative estimate of drug-likeness (QED) is 0.725. The van der Waals surface area contributed by atoms with E-state index in [4.69, 9.17) is 9.84 Å². The van der Waals surface area contributed by atoms with E-state index in [0.29, 0.717) is 12.0 Å². The number of rotatable bonds is 8. The highest BCUT2D eigenvalue weighted by Crippen LogP contribution is 2.15. The van der Waals surface area contributed by atoms with Crippen LogP contribution in [-0.4, -0.2) is 48.3 Å². The molecule has 0 unspecified atom stereocenters. The van der Waals surface area contributed by atoms with Gasteiger partial charge in [-0.2, -0.15) is 0 Å². The molecule has 4 nitrogen and oxygen atoms in total. The molecule has 0 atom stereocenters.